The summed E-state index contributed by atoms with van der Waals surface area (Å²) in [5.41, 5.74) is -1.24. The van der Waals surface area contributed by atoms with E-state index in [1.165, 1.54) is 37.3 Å². The van der Waals surface area contributed by atoms with Crippen LogP contribution in [0.5, 0.6) is 0 Å². The molecule has 0 bridgehead atoms. The van der Waals surface area contributed by atoms with Crippen molar-refractivity contribution >= 4 is 35.6 Å². The molecule has 0 aromatic heterocycles. The minimum absolute atomic E-state index is 0.0595. The summed E-state index contributed by atoms with van der Waals surface area (Å²) in [6.07, 6.45) is -4.03. The van der Waals surface area contributed by atoms with Gasteiger partial charge in [0.2, 0.25) is 0 Å². The first-order chi connectivity index (χ1) is 15.5. The van der Waals surface area contributed by atoms with Crippen LogP contribution in [0.4, 0.5) is 26.3 Å². The highest BCUT2D eigenvalue weighted by Gasteiger charge is 2.33. The summed E-state index contributed by atoms with van der Waals surface area (Å²) in [6.45, 7) is 1.43. The molecule has 0 unspecified atom stereocenters. The number of carbonyl (C=O) groups is 2. The van der Waals surface area contributed by atoms with Crippen LogP contribution in [0.3, 0.4) is 0 Å². The molecule has 0 aliphatic carbocycles. The van der Waals surface area contributed by atoms with Crippen LogP contribution in [0.15, 0.2) is 70.5 Å². The van der Waals surface area contributed by atoms with Gasteiger partial charge in [-0.2, -0.15) is 26.3 Å². The Morgan fingerprint density at radius 2 is 1.21 bits per heavy atom. The maximum absolute atomic E-state index is 12.7. The number of hydrogen-bond donors (Lipinski definition) is 0. The summed E-state index contributed by atoms with van der Waals surface area (Å²) in [7, 11) is 0. The van der Waals surface area contributed by atoms with Crippen molar-refractivity contribution in [2.24, 2.45) is 0 Å². The van der Waals surface area contributed by atoms with E-state index >= 15 is 0 Å². The second kappa shape index (κ2) is 14.1. The number of alkyl halides is 6. The van der Waals surface area contributed by atoms with Gasteiger partial charge in [-0.15, -0.1) is 23.5 Å². The molecule has 2 aromatic carbocycles. The van der Waals surface area contributed by atoms with E-state index in [2.05, 4.69) is 0 Å². The van der Waals surface area contributed by atoms with Gasteiger partial charge in [-0.05, 0) is 43.7 Å². The number of aldehydes is 1. The van der Waals surface area contributed by atoms with Crippen molar-refractivity contribution in [3.05, 3.63) is 71.8 Å². The largest absolute Gasteiger partial charge is 0.417 e. The first kappa shape index (κ1) is 28.8. The van der Waals surface area contributed by atoms with E-state index in [1.807, 2.05) is 0 Å². The van der Waals surface area contributed by atoms with Crippen LogP contribution in [-0.2, 0) is 21.9 Å². The molecule has 2 nitrogen and oxygen atoms in total. The summed E-state index contributed by atoms with van der Waals surface area (Å²) < 4.78 is 75.4. The van der Waals surface area contributed by atoms with Gasteiger partial charge in [0.25, 0.3) is 0 Å². The van der Waals surface area contributed by atoms with Crippen molar-refractivity contribution in [1.82, 2.24) is 0 Å². The lowest BCUT2D eigenvalue weighted by Gasteiger charge is -2.11. The average molecular weight is 509 g/mol. The van der Waals surface area contributed by atoms with E-state index in [4.69, 9.17) is 0 Å². The van der Waals surface area contributed by atoms with Crippen LogP contribution in [0.1, 0.15) is 30.9 Å². The van der Waals surface area contributed by atoms with E-state index in [0.29, 0.717) is 24.2 Å². The number of ketones is 1. The molecule has 0 saturated heterocycles. The normalized spacial score (nSPS) is 11.7. The number of thioether (sulfide) groups is 2. The third kappa shape index (κ3) is 11.5. The molecule has 33 heavy (non-hydrogen) atoms. The molecular formula is C23H22F6O2S2. The summed E-state index contributed by atoms with van der Waals surface area (Å²) >= 11 is 2.19. The fourth-order valence-corrected chi connectivity index (χ4v) is 4.29. The van der Waals surface area contributed by atoms with Crippen LogP contribution in [0, 0.1) is 0 Å². The predicted octanol–water partition coefficient (Wildman–Crippen LogP) is 7.72. The second-order valence-electron chi connectivity index (χ2n) is 6.44. The molecule has 2 rings (SSSR count). The maximum Gasteiger partial charge on any atom is 0.417 e. The maximum atomic E-state index is 12.7. The molecule has 0 heterocycles. The molecule has 0 amide bonds. The Kier molecular flexibility index (Phi) is 12.4. The first-order valence-electron chi connectivity index (χ1n) is 9.65. The highest BCUT2D eigenvalue weighted by Crippen LogP contribution is 2.37. The Hall–Kier alpha value is -2.20. The molecule has 0 aliphatic heterocycles. The smallest absolute Gasteiger partial charge is 0.303 e. The molecule has 0 radical (unpaired) electrons. The molecule has 0 N–H and O–H groups in total. The Morgan fingerprint density at radius 3 is 1.61 bits per heavy atom. The van der Waals surface area contributed by atoms with Crippen molar-refractivity contribution in [2.45, 2.75) is 41.9 Å². The fraction of sp³-hybridized carbons (Fsp3) is 0.304. The fourth-order valence-electron chi connectivity index (χ4n) is 2.36. The van der Waals surface area contributed by atoms with Gasteiger partial charge in [-0.1, -0.05) is 30.3 Å². The van der Waals surface area contributed by atoms with Crippen LogP contribution < -0.4 is 0 Å². The van der Waals surface area contributed by atoms with Crippen molar-refractivity contribution in [2.75, 3.05) is 11.5 Å². The molecule has 180 valence electrons. The third-order valence-electron chi connectivity index (χ3n) is 3.77. The zero-order valence-electron chi connectivity index (χ0n) is 17.6. The number of hydrogen-bond acceptors (Lipinski definition) is 4. The number of rotatable bonds is 9. The third-order valence-corrected chi connectivity index (χ3v) is 5.99. The topological polar surface area (TPSA) is 34.1 Å². The lowest BCUT2D eigenvalue weighted by Crippen LogP contribution is -2.06. The molecule has 10 heteroatoms. The molecule has 0 saturated carbocycles. The number of benzene rings is 2. The van der Waals surface area contributed by atoms with Gasteiger partial charge < -0.3 is 4.79 Å². The molecule has 0 fully saturated rings. The van der Waals surface area contributed by atoms with E-state index in [1.54, 1.807) is 18.2 Å². The zero-order chi connectivity index (χ0) is 24.9. The Labute approximate surface area is 196 Å². The van der Waals surface area contributed by atoms with Gasteiger partial charge in [-0.3, -0.25) is 4.79 Å². The summed E-state index contributed by atoms with van der Waals surface area (Å²) in [5, 5.41) is 0. The van der Waals surface area contributed by atoms with Crippen LogP contribution in [0.25, 0.3) is 0 Å². The van der Waals surface area contributed by atoms with Gasteiger partial charge >= 0.3 is 12.4 Å². The average Bonchev–Trinajstić information content (AvgIpc) is 2.73. The SMILES string of the molecule is CC(=O)/C=C/CCSc1ccccc1C(F)(F)F.O=CCCSc1ccccc1C(F)(F)F. The highest BCUT2D eigenvalue weighted by atomic mass is 32.2. The Balaban J connectivity index is 0.000000335. The Morgan fingerprint density at radius 1 is 0.788 bits per heavy atom. The van der Waals surface area contributed by atoms with E-state index in [-0.39, 0.29) is 22.0 Å². The summed E-state index contributed by atoms with van der Waals surface area (Å²) in [5.74, 6) is 0.823. The van der Waals surface area contributed by atoms with E-state index < -0.39 is 23.5 Å². The predicted molar refractivity (Wildman–Crippen MR) is 119 cm³/mol. The van der Waals surface area contributed by atoms with Gasteiger partial charge in [0.05, 0.1) is 11.1 Å². The van der Waals surface area contributed by atoms with Crippen LogP contribution in [0.2, 0.25) is 0 Å². The molecule has 0 aliphatic rings. The van der Waals surface area contributed by atoms with Gasteiger partial charge in [0.15, 0.2) is 5.78 Å². The van der Waals surface area contributed by atoms with Crippen LogP contribution in [-0.4, -0.2) is 23.6 Å². The molecular weight excluding hydrogens is 486 g/mol. The van der Waals surface area contributed by atoms with Gasteiger partial charge in [0.1, 0.15) is 6.29 Å². The number of allylic oxidation sites excluding steroid dienone is 2. The number of halogens is 6. The second-order valence-corrected chi connectivity index (χ2v) is 8.72. The van der Waals surface area contributed by atoms with E-state index in [0.717, 1.165) is 35.7 Å². The minimum Gasteiger partial charge on any atom is -0.303 e. The molecule has 0 atom stereocenters. The van der Waals surface area contributed by atoms with Crippen molar-refractivity contribution < 1.29 is 35.9 Å². The van der Waals surface area contributed by atoms with Crippen molar-refractivity contribution in [1.29, 1.82) is 0 Å². The number of carbonyl (C=O) groups excluding carboxylic acids is 2. The quantitative estimate of drug-likeness (QED) is 0.114. The monoisotopic (exact) mass is 508 g/mol. The zero-order valence-corrected chi connectivity index (χ0v) is 19.2. The van der Waals surface area contributed by atoms with Gasteiger partial charge in [0, 0.05) is 27.7 Å². The Bertz CT molecular complexity index is 924. The first-order valence-corrected chi connectivity index (χ1v) is 11.6. The summed E-state index contributed by atoms with van der Waals surface area (Å²) in [4.78, 5) is 21.1. The lowest BCUT2D eigenvalue weighted by atomic mass is 10.2. The van der Waals surface area contributed by atoms with E-state index in [9.17, 15) is 35.9 Å². The molecule has 2 aromatic rings. The summed E-state index contributed by atoms with van der Waals surface area (Å²) in [6, 6.07) is 10.9. The molecule has 0 spiro atoms. The minimum atomic E-state index is -4.33. The van der Waals surface area contributed by atoms with Gasteiger partial charge in [-0.25, -0.2) is 0 Å². The van der Waals surface area contributed by atoms with Crippen molar-refractivity contribution in [3.8, 4) is 0 Å². The standard InChI is InChI=1S/C13H13F3OS.C10H9F3OS/c1-10(17)6-4-5-9-18-12-8-3-2-7-11(12)13(14,15)16;11-10(12,13)8-4-1-2-5-9(8)15-7-3-6-14/h2-4,6-8H,5,9H2,1H3;1-2,4-6H,3,7H2/b6-4+;. The van der Waals surface area contributed by atoms with Crippen LogP contribution >= 0.6 is 23.5 Å². The lowest BCUT2D eigenvalue weighted by molar-refractivity contribution is -0.140. The highest BCUT2D eigenvalue weighted by molar-refractivity contribution is 7.99. The van der Waals surface area contributed by atoms with Crippen molar-refractivity contribution in [3.63, 3.8) is 0 Å².